The monoisotopic (exact) mass is 444 g/mol. The second-order valence-corrected chi connectivity index (χ2v) is 6.15. The third-order valence-corrected chi connectivity index (χ3v) is 4.25. The number of ether oxygens (including phenoxy) is 2. The fourth-order valence-corrected chi connectivity index (χ4v) is 2.84. The molecule has 2 rings (SSSR count). The van der Waals surface area contributed by atoms with E-state index in [1.165, 1.54) is 0 Å². The molecule has 0 radical (unpaired) electrons. The van der Waals surface area contributed by atoms with Gasteiger partial charge in [-0.05, 0) is 48.6 Å². The molecule has 1 aliphatic rings. The fourth-order valence-electron chi connectivity index (χ4n) is 2.24. The molecule has 0 saturated heterocycles. The molecule has 24 heavy (non-hydrogen) atoms. The number of amides is 2. The van der Waals surface area contributed by atoms with E-state index in [-0.39, 0.29) is 24.5 Å². The van der Waals surface area contributed by atoms with Crippen LogP contribution < -0.4 is 10.6 Å². The molecule has 1 aromatic carbocycles. The van der Waals surface area contributed by atoms with Gasteiger partial charge in [0.1, 0.15) is 6.61 Å². The van der Waals surface area contributed by atoms with E-state index in [2.05, 4.69) is 10.6 Å². The van der Waals surface area contributed by atoms with Crippen molar-refractivity contribution in [3.05, 3.63) is 44.7 Å². The van der Waals surface area contributed by atoms with E-state index in [9.17, 15) is 14.4 Å². The molecule has 0 bridgehead atoms. The first-order valence-corrected chi connectivity index (χ1v) is 8.41. The van der Waals surface area contributed by atoms with E-state index in [4.69, 9.17) is 9.47 Å². The van der Waals surface area contributed by atoms with Crippen LogP contribution >= 0.6 is 22.6 Å². The molecule has 0 aliphatic carbocycles. The van der Waals surface area contributed by atoms with Crippen LogP contribution in [0.4, 0.5) is 4.79 Å². The van der Waals surface area contributed by atoms with Crippen LogP contribution in [0, 0.1) is 3.57 Å². The molecule has 1 unspecified atom stereocenters. The number of carbonyl (C=O) groups is 3. The molecule has 1 aliphatic heterocycles. The Kier molecular flexibility index (Phi) is 6.18. The lowest BCUT2D eigenvalue weighted by molar-refractivity contribution is -0.139. The highest BCUT2D eigenvalue weighted by molar-refractivity contribution is 14.1. The topological polar surface area (TPSA) is 93.7 Å². The average molecular weight is 444 g/mol. The maximum Gasteiger partial charge on any atom is 0.339 e. The summed E-state index contributed by atoms with van der Waals surface area (Å²) >= 11 is 2.04. The summed E-state index contributed by atoms with van der Waals surface area (Å²) in [6, 6.07) is 5.98. The number of esters is 2. The molecule has 128 valence electrons. The van der Waals surface area contributed by atoms with Crippen molar-refractivity contribution in [1.29, 1.82) is 0 Å². The number of rotatable bonds is 5. The van der Waals surface area contributed by atoms with Crippen LogP contribution in [0.5, 0.6) is 0 Å². The van der Waals surface area contributed by atoms with Gasteiger partial charge in [-0.3, -0.25) is 0 Å². The van der Waals surface area contributed by atoms with Crippen molar-refractivity contribution in [2.24, 2.45) is 0 Å². The number of hydrogen-bond donors (Lipinski definition) is 2. The standard InChI is InChI=1S/C16H17IN2O5/c1-3-23-15(21)13-9(2)18-16(22)19-12(13)8-24-14(20)10-6-4-5-7-11(10)17/h4-7,9H,3,8H2,1-2H3,(H2,18,19,22). The van der Waals surface area contributed by atoms with Crippen molar-refractivity contribution < 1.29 is 23.9 Å². The van der Waals surface area contributed by atoms with Gasteiger partial charge in [0.2, 0.25) is 0 Å². The minimum Gasteiger partial charge on any atom is -0.463 e. The Hall–Kier alpha value is -2.10. The molecular weight excluding hydrogens is 427 g/mol. The van der Waals surface area contributed by atoms with Crippen molar-refractivity contribution in [2.45, 2.75) is 19.9 Å². The van der Waals surface area contributed by atoms with Gasteiger partial charge in [-0.1, -0.05) is 12.1 Å². The quantitative estimate of drug-likeness (QED) is 0.535. The van der Waals surface area contributed by atoms with Crippen molar-refractivity contribution in [3.8, 4) is 0 Å². The SMILES string of the molecule is CCOC(=O)C1=C(COC(=O)c2ccccc2I)NC(=O)NC1C. The molecule has 0 saturated carbocycles. The maximum atomic E-state index is 12.2. The van der Waals surface area contributed by atoms with Crippen LogP contribution in [0.1, 0.15) is 24.2 Å². The lowest BCUT2D eigenvalue weighted by Crippen LogP contribution is -2.50. The smallest absolute Gasteiger partial charge is 0.339 e. The van der Waals surface area contributed by atoms with Crippen LogP contribution in [0.25, 0.3) is 0 Å². The van der Waals surface area contributed by atoms with Gasteiger partial charge in [0.25, 0.3) is 0 Å². The highest BCUT2D eigenvalue weighted by Crippen LogP contribution is 2.17. The number of benzene rings is 1. The Morgan fingerprint density at radius 3 is 2.58 bits per heavy atom. The number of carbonyl (C=O) groups excluding carboxylic acids is 3. The van der Waals surface area contributed by atoms with E-state index in [0.29, 0.717) is 5.56 Å². The highest BCUT2D eigenvalue weighted by Gasteiger charge is 2.30. The summed E-state index contributed by atoms with van der Waals surface area (Å²) < 4.78 is 11.0. The van der Waals surface area contributed by atoms with Gasteiger partial charge in [-0.25, -0.2) is 14.4 Å². The number of nitrogens with one attached hydrogen (secondary N) is 2. The van der Waals surface area contributed by atoms with Gasteiger partial charge in [-0.2, -0.15) is 0 Å². The lowest BCUT2D eigenvalue weighted by atomic mass is 10.0. The zero-order valence-electron chi connectivity index (χ0n) is 13.2. The molecule has 1 aromatic rings. The predicted molar refractivity (Wildman–Crippen MR) is 94.2 cm³/mol. The van der Waals surface area contributed by atoms with Crippen LogP contribution in [0.2, 0.25) is 0 Å². The van der Waals surface area contributed by atoms with E-state index in [0.717, 1.165) is 3.57 Å². The minimum atomic E-state index is -0.558. The first-order chi connectivity index (χ1) is 11.4. The molecule has 0 aromatic heterocycles. The Morgan fingerprint density at radius 2 is 1.92 bits per heavy atom. The highest BCUT2D eigenvalue weighted by atomic mass is 127. The van der Waals surface area contributed by atoms with Gasteiger partial charge in [-0.15, -0.1) is 0 Å². The fraction of sp³-hybridized carbons (Fsp3) is 0.312. The Labute approximate surface area is 152 Å². The summed E-state index contributed by atoms with van der Waals surface area (Å²) in [6.07, 6.45) is 0. The summed E-state index contributed by atoms with van der Waals surface area (Å²) in [5, 5.41) is 5.08. The molecule has 7 nitrogen and oxygen atoms in total. The number of urea groups is 1. The summed E-state index contributed by atoms with van der Waals surface area (Å²) in [6.45, 7) is 3.33. The van der Waals surface area contributed by atoms with Crippen LogP contribution in [0.15, 0.2) is 35.5 Å². The zero-order chi connectivity index (χ0) is 17.7. The second-order valence-electron chi connectivity index (χ2n) is 4.99. The van der Waals surface area contributed by atoms with E-state index >= 15 is 0 Å². The van der Waals surface area contributed by atoms with Crippen molar-refractivity contribution in [3.63, 3.8) is 0 Å². The third-order valence-electron chi connectivity index (χ3n) is 3.31. The van der Waals surface area contributed by atoms with Crippen molar-refractivity contribution in [1.82, 2.24) is 10.6 Å². The Bertz CT molecular complexity index is 701. The molecule has 0 spiro atoms. The second kappa shape index (κ2) is 8.13. The molecule has 2 N–H and O–H groups in total. The summed E-state index contributed by atoms with van der Waals surface area (Å²) in [7, 11) is 0. The predicted octanol–water partition coefficient (Wildman–Crippen LogP) is 1.97. The van der Waals surface area contributed by atoms with Crippen LogP contribution in [-0.4, -0.2) is 37.2 Å². The molecule has 2 amide bonds. The minimum absolute atomic E-state index is 0.207. The number of halogens is 1. The van der Waals surface area contributed by atoms with Crippen LogP contribution in [-0.2, 0) is 14.3 Å². The third kappa shape index (κ3) is 4.25. The van der Waals surface area contributed by atoms with E-state index in [1.54, 1.807) is 32.0 Å². The summed E-state index contributed by atoms with van der Waals surface area (Å²) in [5.74, 6) is -1.09. The largest absolute Gasteiger partial charge is 0.463 e. The molecule has 1 atom stereocenters. The average Bonchev–Trinajstić information content (AvgIpc) is 2.52. The Balaban J connectivity index is 2.19. The summed E-state index contributed by atoms with van der Waals surface area (Å²) in [4.78, 5) is 35.9. The number of hydrogen-bond acceptors (Lipinski definition) is 5. The van der Waals surface area contributed by atoms with Crippen LogP contribution in [0.3, 0.4) is 0 Å². The molecule has 1 heterocycles. The van der Waals surface area contributed by atoms with Gasteiger partial charge >= 0.3 is 18.0 Å². The molecular formula is C16H17IN2O5. The van der Waals surface area contributed by atoms with E-state index < -0.39 is 24.0 Å². The van der Waals surface area contributed by atoms with E-state index in [1.807, 2.05) is 28.7 Å². The Morgan fingerprint density at radius 1 is 1.21 bits per heavy atom. The molecule has 8 heteroatoms. The maximum absolute atomic E-state index is 12.2. The zero-order valence-corrected chi connectivity index (χ0v) is 15.4. The normalized spacial score (nSPS) is 17.0. The lowest BCUT2D eigenvalue weighted by Gasteiger charge is -2.26. The van der Waals surface area contributed by atoms with Crippen molar-refractivity contribution >= 4 is 40.6 Å². The van der Waals surface area contributed by atoms with Gasteiger partial charge < -0.3 is 20.1 Å². The van der Waals surface area contributed by atoms with Gasteiger partial charge in [0.05, 0.1) is 29.5 Å². The first-order valence-electron chi connectivity index (χ1n) is 7.33. The summed E-state index contributed by atoms with van der Waals surface area (Å²) in [5.41, 5.74) is 0.890. The van der Waals surface area contributed by atoms with Gasteiger partial charge in [0, 0.05) is 3.57 Å². The van der Waals surface area contributed by atoms with Gasteiger partial charge in [0.15, 0.2) is 0 Å². The van der Waals surface area contributed by atoms with Crippen molar-refractivity contribution in [2.75, 3.05) is 13.2 Å². The first kappa shape index (κ1) is 18.2. The molecule has 0 fully saturated rings.